The summed E-state index contributed by atoms with van der Waals surface area (Å²) in [5, 5.41) is 0. The number of hydrogen-bond donors (Lipinski definition) is 0. The minimum absolute atomic E-state index is 0.105. The fourth-order valence-electron chi connectivity index (χ4n) is 2.99. The van der Waals surface area contributed by atoms with E-state index < -0.39 is 10.0 Å². The van der Waals surface area contributed by atoms with Gasteiger partial charge in [0.2, 0.25) is 10.0 Å². The Balaban J connectivity index is 2.04. The van der Waals surface area contributed by atoms with Crippen molar-refractivity contribution in [2.45, 2.75) is 37.2 Å². The van der Waals surface area contributed by atoms with Crippen molar-refractivity contribution in [2.24, 2.45) is 0 Å². The van der Waals surface area contributed by atoms with E-state index in [0.29, 0.717) is 4.90 Å². The first-order valence-corrected chi connectivity index (χ1v) is 9.31. The molecule has 1 aliphatic rings. The van der Waals surface area contributed by atoms with Crippen LogP contribution in [0.3, 0.4) is 0 Å². The highest BCUT2D eigenvalue weighted by Crippen LogP contribution is 2.36. The number of benzene rings is 2. The number of aryl methyl sites for hydroxylation is 1. The number of nitrogens with zero attached hydrogens (tertiary/aromatic N) is 1. The smallest absolute Gasteiger partial charge is 0.207 e. The lowest BCUT2D eigenvalue weighted by molar-refractivity contribution is 0.339. The summed E-state index contributed by atoms with van der Waals surface area (Å²) in [6, 6.07) is 16.5. The first-order chi connectivity index (χ1) is 11.0. The lowest BCUT2D eigenvalue weighted by atomic mass is 10.1. The molecule has 0 amide bonds. The summed E-state index contributed by atoms with van der Waals surface area (Å²) in [7, 11) is -3.54. The van der Waals surface area contributed by atoms with Gasteiger partial charge in [-0.3, -0.25) is 0 Å². The van der Waals surface area contributed by atoms with Crippen LogP contribution in [0.15, 0.2) is 71.6 Å². The first kappa shape index (κ1) is 16.0. The zero-order valence-electron chi connectivity index (χ0n) is 13.4. The predicted molar refractivity (Wildman–Crippen MR) is 92.6 cm³/mol. The lowest BCUT2D eigenvalue weighted by Crippen LogP contribution is -2.37. The van der Waals surface area contributed by atoms with Crippen LogP contribution in [0.25, 0.3) is 0 Å². The minimum Gasteiger partial charge on any atom is -0.207 e. The van der Waals surface area contributed by atoms with Gasteiger partial charge < -0.3 is 0 Å². The molecule has 23 heavy (non-hydrogen) atoms. The third-order valence-corrected chi connectivity index (χ3v) is 6.19. The van der Waals surface area contributed by atoms with Crippen molar-refractivity contribution in [3.05, 3.63) is 77.9 Å². The van der Waals surface area contributed by atoms with E-state index in [0.717, 1.165) is 17.5 Å². The number of hydrogen-bond acceptors (Lipinski definition) is 2. The Morgan fingerprint density at radius 1 is 0.957 bits per heavy atom. The molecule has 2 aromatic rings. The molecule has 0 aromatic heterocycles. The second-order valence-corrected chi connectivity index (χ2v) is 7.71. The van der Waals surface area contributed by atoms with Gasteiger partial charge in [-0.05, 0) is 31.0 Å². The quantitative estimate of drug-likeness (QED) is 0.794. The van der Waals surface area contributed by atoms with E-state index in [1.54, 1.807) is 16.4 Å². The fraction of sp³-hybridized carbons (Fsp3) is 0.263. The molecule has 120 valence electrons. The van der Waals surface area contributed by atoms with Crippen LogP contribution in [-0.4, -0.2) is 18.8 Å². The molecule has 2 atom stereocenters. The molecular weight excluding hydrogens is 306 g/mol. The highest BCUT2D eigenvalue weighted by atomic mass is 32.2. The first-order valence-electron chi connectivity index (χ1n) is 7.87. The molecule has 0 spiro atoms. The third kappa shape index (κ3) is 2.96. The van der Waals surface area contributed by atoms with Crippen molar-refractivity contribution in [1.82, 2.24) is 4.31 Å². The van der Waals surface area contributed by atoms with Gasteiger partial charge in [0, 0.05) is 6.04 Å². The normalized spacial score (nSPS) is 21.7. The zero-order valence-corrected chi connectivity index (χ0v) is 14.2. The van der Waals surface area contributed by atoms with E-state index in [1.165, 1.54) is 0 Å². The molecule has 0 fully saturated rings. The summed E-state index contributed by atoms with van der Waals surface area (Å²) in [6.45, 7) is 3.97. The number of rotatable bonds is 4. The molecule has 3 nitrogen and oxygen atoms in total. The van der Waals surface area contributed by atoms with E-state index in [1.807, 2.05) is 68.5 Å². The molecule has 0 aliphatic carbocycles. The van der Waals surface area contributed by atoms with Gasteiger partial charge in [-0.2, -0.15) is 4.31 Å². The van der Waals surface area contributed by atoms with Crippen molar-refractivity contribution >= 4 is 10.0 Å². The Kier molecular flexibility index (Phi) is 4.37. The zero-order chi connectivity index (χ0) is 16.4. The third-order valence-electron chi connectivity index (χ3n) is 4.27. The average molecular weight is 327 g/mol. The summed E-state index contributed by atoms with van der Waals surface area (Å²) >= 11 is 0. The van der Waals surface area contributed by atoms with Gasteiger partial charge in [0.25, 0.3) is 0 Å². The summed E-state index contributed by atoms with van der Waals surface area (Å²) in [6.07, 6.45) is 4.75. The van der Waals surface area contributed by atoms with Crippen molar-refractivity contribution in [3.63, 3.8) is 0 Å². The van der Waals surface area contributed by atoms with E-state index in [-0.39, 0.29) is 12.1 Å². The molecular formula is C19H21NO2S. The summed E-state index contributed by atoms with van der Waals surface area (Å²) < 4.78 is 28.0. The van der Waals surface area contributed by atoms with Gasteiger partial charge in [0.1, 0.15) is 0 Å². The second-order valence-electron chi connectivity index (χ2n) is 5.86. The van der Waals surface area contributed by atoms with Crippen LogP contribution in [0.1, 0.15) is 30.5 Å². The Bertz CT molecular complexity index is 795. The lowest BCUT2D eigenvalue weighted by Gasteiger charge is -2.29. The topological polar surface area (TPSA) is 37.4 Å². The summed E-state index contributed by atoms with van der Waals surface area (Å²) in [5.41, 5.74) is 2.05. The SMILES string of the molecule is CC[C@H]1C=C[C@H](c2ccccc2)N1S(=O)(=O)c1ccc(C)cc1. The molecule has 0 saturated carbocycles. The Morgan fingerprint density at radius 3 is 2.22 bits per heavy atom. The highest BCUT2D eigenvalue weighted by molar-refractivity contribution is 7.89. The molecule has 0 radical (unpaired) electrons. The number of sulfonamides is 1. The van der Waals surface area contributed by atoms with Crippen molar-refractivity contribution < 1.29 is 8.42 Å². The molecule has 1 aliphatic heterocycles. The van der Waals surface area contributed by atoms with Crippen molar-refractivity contribution in [2.75, 3.05) is 0 Å². The highest BCUT2D eigenvalue weighted by Gasteiger charge is 2.38. The van der Waals surface area contributed by atoms with Crippen LogP contribution in [0, 0.1) is 6.92 Å². The van der Waals surface area contributed by atoms with Crippen LogP contribution in [0.2, 0.25) is 0 Å². The standard InChI is InChI=1S/C19H21NO2S/c1-3-17-11-14-19(16-7-5-4-6-8-16)20(17)23(21,22)18-12-9-15(2)10-13-18/h4-14,17,19H,3H2,1-2H3/t17-,19+/m0/s1. The predicted octanol–water partition coefficient (Wildman–Crippen LogP) is 4.08. The monoisotopic (exact) mass is 327 g/mol. The van der Waals surface area contributed by atoms with Crippen LogP contribution >= 0.6 is 0 Å². The molecule has 0 bridgehead atoms. The van der Waals surface area contributed by atoms with Crippen molar-refractivity contribution in [1.29, 1.82) is 0 Å². The van der Waals surface area contributed by atoms with Gasteiger partial charge >= 0.3 is 0 Å². The van der Waals surface area contributed by atoms with Gasteiger partial charge in [0.05, 0.1) is 10.9 Å². The molecule has 2 aromatic carbocycles. The minimum atomic E-state index is -3.54. The van der Waals surface area contributed by atoms with Crippen LogP contribution < -0.4 is 0 Å². The van der Waals surface area contributed by atoms with Gasteiger partial charge in [-0.15, -0.1) is 0 Å². The Hall–Kier alpha value is -1.91. The Morgan fingerprint density at radius 2 is 1.61 bits per heavy atom. The van der Waals surface area contributed by atoms with Crippen LogP contribution in [0.5, 0.6) is 0 Å². The van der Waals surface area contributed by atoms with E-state index in [2.05, 4.69) is 0 Å². The molecule has 3 rings (SSSR count). The van der Waals surface area contributed by atoms with Crippen LogP contribution in [-0.2, 0) is 10.0 Å². The fourth-order valence-corrected chi connectivity index (χ4v) is 4.78. The largest absolute Gasteiger partial charge is 0.244 e. The summed E-state index contributed by atoms with van der Waals surface area (Å²) in [4.78, 5) is 0.353. The molecule has 0 N–H and O–H groups in total. The van der Waals surface area contributed by atoms with Crippen molar-refractivity contribution in [3.8, 4) is 0 Å². The average Bonchev–Trinajstić information content (AvgIpc) is 3.01. The molecule has 0 unspecified atom stereocenters. The van der Waals surface area contributed by atoms with Gasteiger partial charge in [-0.1, -0.05) is 67.1 Å². The van der Waals surface area contributed by atoms with E-state index in [4.69, 9.17) is 0 Å². The molecule has 1 heterocycles. The molecule has 0 saturated heterocycles. The summed E-state index contributed by atoms with van der Waals surface area (Å²) in [5.74, 6) is 0. The van der Waals surface area contributed by atoms with Gasteiger partial charge in [-0.25, -0.2) is 8.42 Å². The maximum absolute atomic E-state index is 13.2. The Labute approximate surface area is 138 Å². The van der Waals surface area contributed by atoms with E-state index >= 15 is 0 Å². The maximum atomic E-state index is 13.2. The molecule has 4 heteroatoms. The van der Waals surface area contributed by atoms with E-state index in [9.17, 15) is 8.42 Å². The maximum Gasteiger partial charge on any atom is 0.244 e. The van der Waals surface area contributed by atoms with Crippen LogP contribution in [0.4, 0.5) is 0 Å². The van der Waals surface area contributed by atoms with Gasteiger partial charge in [0.15, 0.2) is 0 Å². The second kappa shape index (κ2) is 6.30.